The third-order valence-corrected chi connectivity index (χ3v) is 11.0. The van der Waals surface area contributed by atoms with E-state index >= 15 is 0 Å². The lowest BCUT2D eigenvalue weighted by atomic mass is 9.83. The van der Waals surface area contributed by atoms with Crippen molar-refractivity contribution in [3.63, 3.8) is 0 Å². The van der Waals surface area contributed by atoms with E-state index in [1.54, 1.807) is 18.7 Å². The summed E-state index contributed by atoms with van der Waals surface area (Å²) in [6.07, 6.45) is 9.64. The zero-order valence-corrected chi connectivity index (χ0v) is 32.0. The van der Waals surface area contributed by atoms with Crippen molar-refractivity contribution >= 4 is 41.4 Å². The van der Waals surface area contributed by atoms with Crippen molar-refractivity contribution in [2.75, 3.05) is 0 Å². The van der Waals surface area contributed by atoms with Crippen LogP contribution < -0.4 is 26.6 Å². The monoisotopic (exact) mass is 730 g/mol. The lowest BCUT2D eigenvalue weighted by Crippen LogP contribution is -2.62. The number of alkyl carbamates (subject to hydrolysis) is 1. The fourth-order valence-corrected chi connectivity index (χ4v) is 8.03. The molecule has 4 fully saturated rings. The number of nitrogens with zero attached hydrogens (tertiary/aromatic N) is 1. The van der Waals surface area contributed by atoms with Crippen LogP contribution in [0.2, 0.25) is 0 Å². The highest BCUT2D eigenvalue weighted by molar-refractivity contribution is 6.38. The van der Waals surface area contributed by atoms with E-state index in [4.69, 9.17) is 4.74 Å². The van der Waals surface area contributed by atoms with Crippen molar-refractivity contribution in [3.05, 3.63) is 0 Å². The lowest BCUT2D eigenvalue weighted by Gasteiger charge is -2.38. The molecule has 4 rings (SSSR count). The van der Waals surface area contributed by atoms with E-state index in [2.05, 4.69) is 26.6 Å². The molecule has 0 bridgehead atoms. The Hall–Kier alpha value is -3.71. The van der Waals surface area contributed by atoms with Crippen LogP contribution in [0, 0.1) is 17.8 Å². The quantitative estimate of drug-likeness (QED) is 0.150. The van der Waals surface area contributed by atoms with E-state index < -0.39 is 65.7 Å². The molecule has 292 valence electrons. The van der Waals surface area contributed by atoms with Crippen LogP contribution in [0.5, 0.6) is 0 Å². The molecule has 0 aromatic heterocycles. The summed E-state index contributed by atoms with van der Waals surface area (Å²) in [4.78, 5) is 95.8. The maximum atomic E-state index is 14.7. The van der Waals surface area contributed by atoms with Gasteiger partial charge in [-0.2, -0.15) is 0 Å². The van der Waals surface area contributed by atoms with Gasteiger partial charge in [-0.05, 0) is 89.9 Å². The molecule has 1 saturated heterocycles. The van der Waals surface area contributed by atoms with Gasteiger partial charge in [0.05, 0.1) is 12.1 Å². The normalized spacial score (nSPS) is 24.2. The molecule has 14 heteroatoms. The maximum Gasteiger partial charge on any atom is 0.408 e. The second-order valence-electron chi connectivity index (χ2n) is 16.0. The Kier molecular flexibility index (Phi) is 14.9. The van der Waals surface area contributed by atoms with Crippen molar-refractivity contribution in [3.8, 4) is 0 Å². The second kappa shape index (κ2) is 18.9. The summed E-state index contributed by atoms with van der Waals surface area (Å²) in [7, 11) is 0. The number of amides is 6. The molecule has 1 heterocycles. The largest absolute Gasteiger partial charge is 0.447 e. The average Bonchev–Trinajstić information content (AvgIpc) is 3.83. The molecule has 3 aliphatic carbocycles. The Morgan fingerprint density at radius 2 is 1.40 bits per heavy atom. The minimum atomic E-state index is -1.000. The van der Waals surface area contributed by atoms with Crippen LogP contribution in [0.4, 0.5) is 4.79 Å². The lowest BCUT2D eigenvalue weighted by molar-refractivity contribution is -0.146. The van der Waals surface area contributed by atoms with Crippen LogP contribution in [0.15, 0.2) is 0 Å². The van der Waals surface area contributed by atoms with Gasteiger partial charge in [-0.25, -0.2) is 4.79 Å². The summed E-state index contributed by atoms with van der Waals surface area (Å²) in [5, 5.41) is 13.9. The number of fused-ring (bicyclic) bond motifs is 1. The molecule has 4 aliphatic rings. The first kappa shape index (κ1) is 41.1. The summed E-state index contributed by atoms with van der Waals surface area (Å²) in [6, 6.07) is -4.94. The summed E-state index contributed by atoms with van der Waals surface area (Å²) in [5.41, 5.74) is 0. The molecule has 1 unspecified atom stereocenters. The number of hydrogen-bond donors (Lipinski definition) is 5. The SMILES string of the molecule is CCCC(NC(=O)[C@H]1C[C@@H]2CCCC[C@@H]2N1C(=O)[C@@H](NC(=O)[C@@H](NC(=O)[C@H](C)NC(=O)OC(C)C)C1CCCCC1)C(C)C)C(=O)C(=O)NC1CC1. The minimum absolute atomic E-state index is 0.00305. The molecule has 7 atom stereocenters. The fourth-order valence-electron chi connectivity index (χ4n) is 8.03. The fraction of sp³-hybridized carbons (Fsp3) is 0.816. The molecule has 0 aromatic carbocycles. The molecule has 5 N–H and O–H groups in total. The van der Waals surface area contributed by atoms with Crippen molar-refractivity contribution in [1.82, 2.24) is 31.5 Å². The number of Topliss-reactive ketones (excluding diaryl/α,β-unsaturated/α-hetero) is 1. The number of rotatable bonds is 16. The number of nitrogens with one attached hydrogen (secondary N) is 5. The van der Waals surface area contributed by atoms with Crippen LogP contribution in [0.1, 0.15) is 131 Å². The molecule has 6 amide bonds. The van der Waals surface area contributed by atoms with Crippen LogP contribution in [0.3, 0.4) is 0 Å². The van der Waals surface area contributed by atoms with Gasteiger partial charge in [-0.3, -0.25) is 28.8 Å². The average molecular weight is 731 g/mol. The van der Waals surface area contributed by atoms with Gasteiger partial charge in [0.25, 0.3) is 5.91 Å². The Balaban J connectivity index is 1.53. The molecule has 0 aromatic rings. The van der Waals surface area contributed by atoms with E-state index in [1.165, 1.54) is 6.92 Å². The van der Waals surface area contributed by atoms with Gasteiger partial charge >= 0.3 is 6.09 Å². The summed E-state index contributed by atoms with van der Waals surface area (Å²) >= 11 is 0. The van der Waals surface area contributed by atoms with E-state index in [-0.39, 0.29) is 41.8 Å². The van der Waals surface area contributed by atoms with E-state index in [1.807, 2.05) is 20.8 Å². The molecule has 14 nitrogen and oxygen atoms in total. The molecular weight excluding hydrogens is 668 g/mol. The number of carbonyl (C=O) groups is 7. The van der Waals surface area contributed by atoms with Gasteiger partial charge in [0, 0.05) is 12.1 Å². The Labute approximate surface area is 308 Å². The highest BCUT2D eigenvalue weighted by Gasteiger charge is 2.50. The van der Waals surface area contributed by atoms with Gasteiger partial charge in [-0.1, -0.05) is 59.3 Å². The Morgan fingerprint density at radius 3 is 2.02 bits per heavy atom. The van der Waals surface area contributed by atoms with Crippen molar-refractivity contribution in [2.24, 2.45) is 17.8 Å². The highest BCUT2D eigenvalue weighted by atomic mass is 16.6. The van der Waals surface area contributed by atoms with E-state index in [0.717, 1.165) is 70.6 Å². The third-order valence-electron chi connectivity index (χ3n) is 11.0. The highest BCUT2D eigenvalue weighted by Crippen LogP contribution is 2.40. The van der Waals surface area contributed by atoms with Crippen LogP contribution in [-0.4, -0.2) is 94.7 Å². The first-order chi connectivity index (χ1) is 24.7. The van der Waals surface area contributed by atoms with Crippen LogP contribution >= 0.6 is 0 Å². The molecule has 52 heavy (non-hydrogen) atoms. The topological polar surface area (TPSA) is 192 Å². The van der Waals surface area contributed by atoms with E-state index in [0.29, 0.717) is 19.3 Å². The number of likely N-dealkylation sites (tertiary alicyclic amines) is 1. The van der Waals surface area contributed by atoms with Gasteiger partial charge in [-0.15, -0.1) is 0 Å². The number of ether oxygens (including phenoxy) is 1. The first-order valence-electron chi connectivity index (χ1n) is 19.8. The van der Waals surface area contributed by atoms with Gasteiger partial charge in [0.1, 0.15) is 24.2 Å². The minimum Gasteiger partial charge on any atom is -0.447 e. The molecule has 3 saturated carbocycles. The predicted molar refractivity (Wildman–Crippen MR) is 193 cm³/mol. The second-order valence-corrected chi connectivity index (χ2v) is 16.0. The Bertz CT molecular complexity index is 1310. The first-order valence-corrected chi connectivity index (χ1v) is 19.8. The predicted octanol–water partition coefficient (Wildman–Crippen LogP) is 3.01. The van der Waals surface area contributed by atoms with E-state index in [9.17, 15) is 33.6 Å². The Morgan fingerprint density at radius 1 is 0.750 bits per heavy atom. The molecule has 0 spiro atoms. The maximum absolute atomic E-state index is 14.7. The smallest absolute Gasteiger partial charge is 0.408 e. The third kappa shape index (κ3) is 10.9. The standard InChI is InChI=1S/C38H62N6O8/c1-7-13-27(32(45)36(49)40-26-18-19-26)41-34(47)29-20-25-16-11-12-17-28(25)44(29)37(50)30(21(2)3)42-35(48)31(24-14-9-8-10-15-24)43-33(46)23(6)39-38(51)52-22(4)5/h21-31H,7-20H2,1-6H3,(H,39,51)(H,40,49)(H,41,47)(H,42,48)(H,43,46)/t23-,25-,27?,28-,29+,30-,31-/m0/s1. The molecular formula is C38H62N6O8. The van der Waals surface area contributed by atoms with Crippen molar-refractivity contribution < 1.29 is 38.3 Å². The summed E-state index contributed by atoms with van der Waals surface area (Å²) in [6.45, 7) is 10.5. The molecule has 1 aliphatic heterocycles. The van der Waals surface area contributed by atoms with Crippen LogP contribution in [0.25, 0.3) is 0 Å². The van der Waals surface area contributed by atoms with Gasteiger partial charge < -0.3 is 36.2 Å². The summed E-state index contributed by atoms with van der Waals surface area (Å²) in [5.74, 6) is -3.65. The van der Waals surface area contributed by atoms with Crippen molar-refractivity contribution in [2.45, 2.75) is 180 Å². The summed E-state index contributed by atoms with van der Waals surface area (Å²) < 4.78 is 5.11. The van der Waals surface area contributed by atoms with Crippen LogP contribution in [-0.2, 0) is 33.5 Å². The van der Waals surface area contributed by atoms with Crippen molar-refractivity contribution in [1.29, 1.82) is 0 Å². The van der Waals surface area contributed by atoms with Gasteiger partial charge in [0.15, 0.2) is 0 Å². The zero-order valence-electron chi connectivity index (χ0n) is 32.0. The van der Waals surface area contributed by atoms with Gasteiger partial charge in [0.2, 0.25) is 29.4 Å². The number of carbonyl (C=O) groups excluding carboxylic acids is 7. The zero-order chi connectivity index (χ0) is 38.1. The number of hydrogen-bond acceptors (Lipinski definition) is 8. The molecule has 0 radical (unpaired) electrons. The number of ketones is 1.